The van der Waals surface area contributed by atoms with Crippen LogP contribution in [-0.4, -0.2) is 44.8 Å². The van der Waals surface area contributed by atoms with E-state index in [1.807, 2.05) is 6.07 Å². The van der Waals surface area contributed by atoms with Crippen LogP contribution >= 0.6 is 0 Å². The van der Waals surface area contributed by atoms with E-state index >= 15 is 0 Å². The molecule has 0 radical (unpaired) electrons. The molecule has 0 saturated carbocycles. The fraction of sp³-hybridized carbons (Fsp3) is 0.111. The van der Waals surface area contributed by atoms with Crippen LogP contribution in [0.5, 0.6) is 0 Å². The van der Waals surface area contributed by atoms with Crippen LogP contribution < -0.4 is 10.6 Å². The summed E-state index contributed by atoms with van der Waals surface area (Å²) >= 11 is 0. The highest BCUT2D eigenvalue weighted by molar-refractivity contribution is 5.94. The zero-order chi connectivity index (χ0) is 18.2. The van der Waals surface area contributed by atoms with Crippen LogP contribution in [-0.2, 0) is 0 Å². The molecule has 3 aromatic heterocycles. The van der Waals surface area contributed by atoms with Crippen molar-refractivity contribution in [2.45, 2.75) is 0 Å². The van der Waals surface area contributed by atoms with E-state index in [9.17, 15) is 9.59 Å². The zero-order valence-corrected chi connectivity index (χ0v) is 13.8. The lowest BCUT2D eigenvalue weighted by Crippen LogP contribution is -2.34. The summed E-state index contributed by atoms with van der Waals surface area (Å²) in [6.45, 7) is 0.587. The zero-order valence-electron chi connectivity index (χ0n) is 13.8. The Labute approximate surface area is 149 Å². The predicted octanol–water partition coefficient (Wildman–Crippen LogP) is 1.09. The van der Waals surface area contributed by atoms with Crippen LogP contribution in [0.15, 0.2) is 61.4 Å². The van der Waals surface area contributed by atoms with Gasteiger partial charge in [-0.15, -0.1) is 0 Å². The van der Waals surface area contributed by atoms with Crippen molar-refractivity contribution >= 4 is 11.8 Å². The highest BCUT2D eigenvalue weighted by Gasteiger charge is 2.08. The van der Waals surface area contributed by atoms with Gasteiger partial charge in [0.05, 0.1) is 11.1 Å². The first-order valence-corrected chi connectivity index (χ1v) is 7.93. The summed E-state index contributed by atoms with van der Waals surface area (Å²) in [5.41, 5.74) is 1.59. The number of hydrogen-bond donors (Lipinski definition) is 2. The van der Waals surface area contributed by atoms with E-state index in [1.165, 1.54) is 18.6 Å². The molecule has 3 rings (SSSR count). The summed E-state index contributed by atoms with van der Waals surface area (Å²) in [5.74, 6) is -0.0479. The van der Waals surface area contributed by atoms with Crippen LogP contribution in [0, 0.1) is 0 Å². The standard InChI is InChI=1S/C18H16N6O2/c25-17(14-4-2-6-20-10-14)21-7-8-22-18(26)15-11-23-16(24-12-15)13-3-1-5-19-9-13/h1-6,9-12H,7-8H2,(H,21,25)(H,22,26). The van der Waals surface area contributed by atoms with E-state index in [2.05, 4.69) is 30.6 Å². The minimum atomic E-state index is -0.307. The molecule has 8 heteroatoms. The lowest BCUT2D eigenvalue weighted by molar-refractivity contribution is 0.0927. The van der Waals surface area contributed by atoms with Crippen molar-refractivity contribution < 1.29 is 9.59 Å². The van der Waals surface area contributed by atoms with Gasteiger partial charge in [0.2, 0.25) is 0 Å². The molecule has 0 unspecified atom stereocenters. The second kappa shape index (κ2) is 8.43. The van der Waals surface area contributed by atoms with Gasteiger partial charge in [-0.05, 0) is 24.3 Å². The number of carbonyl (C=O) groups is 2. The Balaban J connectivity index is 1.47. The third-order valence-corrected chi connectivity index (χ3v) is 3.45. The number of nitrogens with zero attached hydrogens (tertiary/aromatic N) is 4. The van der Waals surface area contributed by atoms with Crippen LogP contribution in [0.25, 0.3) is 11.4 Å². The van der Waals surface area contributed by atoms with Crippen LogP contribution in [0.1, 0.15) is 20.7 Å². The summed E-state index contributed by atoms with van der Waals surface area (Å²) in [7, 11) is 0. The molecule has 2 N–H and O–H groups in total. The lowest BCUT2D eigenvalue weighted by Gasteiger charge is -2.07. The average molecular weight is 348 g/mol. The molecular weight excluding hydrogens is 332 g/mol. The lowest BCUT2D eigenvalue weighted by atomic mass is 10.2. The van der Waals surface area contributed by atoms with Gasteiger partial charge in [0.15, 0.2) is 5.82 Å². The molecule has 0 aliphatic rings. The highest BCUT2D eigenvalue weighted by atomic mass is 16.2. The summed E-state index contributed by atoms with van der Waals surface area (Å²) < 4.78 is 0. The minimum Gasteiger partial charge on any atom is -0.350 e. The van der Waals surface area contributed by atoms with Gasteiger partial charge in [-0.3, -0.25) is 19.6 Å². The number of amides is 2. The van der Waals surface area contributed by atoms with Gasteiger partial charge in [0.25, 0.3) is 11.8 Å². The van der Waals surface area contributed by atoms with Crippen LogP contribution in [0.4, 0.5) is 0 Å². The average Bonchev–Trinajstić information content (AvgIpc) is 2.72. The fourth-order valence-corrected chi connectivity index (χ4v) is 2.14. The monoisotopic (exact) mass is 348 g/mol. The first kappa shape index (κ1) is 17.2. The van der Waals surface area contributed by atoms with Gasteiger partial charge in [-0.1, -0.05) is 0 Å². The minimum absolute atomic E-state index is 0.239. The van der Waals surface area contributed by atoms with Crippen LogP contribution in [0.3, 0.4) is 0 Å². The van der Waals surface area contributed by atoms with E-state index in [1.54, 1.807) is 36.8 Å². The van der Waals surface area contributed by atoms with E-state index in [-0.39, 0.29) is 18.4 Å². The Morgan fingerprint density at radius 1 is 0.769 bits per heavy atom. The largest absolute Gasteiger partial charge is 0.350 e. The van der Waals surface area contributed by atoms with Crippen molar-refractivity contribution in [3.05, 3.63) is 72.6 Å². The number of aromatic nitrogens is 4. The second-order valence-electron chi connectivity index (χ2n) is 5.29. The number of hydrogen-bond acceptors (Lipinski definition) is 6. The molecule has 0 bridgehead atoms. The Bertz CT molecular complexity index is 869. The summed E-state index contributed by atoms with van der Waals surface area (Å²) in [4.78, 5) is 40.2. The molecule has 0 aromatic carbocycles. The summed E-state index contributed by atoms with van der Waals surface area (Å²) in [5, 5.41) is 5.41. The molecule has 0 spiro atoms. The fourth-order valence-electron chi connectivity index (χ4n) is 2.14. The molecule has 3 heterocycles. The third-order valence-electron chi connectivity index (χ3n) is 3.45. The van der Waals surface area contributed by atoms with Crippen LogP contribution in [0.2, 0.25) is 0 Å². The normalized spacial score (nSPS) is 10.2. The van der Waals surface area contributed by atoms with E-state index in [4.69, 9.17) is 0 Å². The summed E-state index contributed by atoms with van der Waals surface area (Å²) in [6, 6.07) is 6.99. The summed E-state index contributed by atoms with van der Waals surface area (Å²) in [6.07, 6.45) is 9.31. The molecule has 0 fully saturated rings. The van der Waals surface area contributed by atoms with Gasteiger partial charge in [0.1, 0.15) is 0 Å². The molecular formula is C18H16N6O2. The predicted molar refractivity (Wildman–Crippen MR) is 94.2 cm³/mol. The molecule has 3 aromatic rings. The maximum Gasteiger partial charge on any atom is 0.254 e. The van der Waals surface area contributed by atoms with E-state index in [0.717, 1.165) is 5.56 Å². The molecule has 130 valence electrons. The smallest absolute Gasteiger partial charge is 0.254 e. The number of pyridine rings is 2. The van der Waals surface area contributed by atoms with Gasteiger partial charge in [-0.2, -0.15) is 0 Å². The first-order chi connectivity index (χ1) is 12.7. The molecule has 0 atom stereocenters. The van der Waals surface area contributed by atoms with Crippen molar-refractivity contribution in [1.29, 1.82) is 0 Å². The van der Waals surface area contributed by atoms with Crippen molar-refractivity contribution in [3.8, 4) is 11.4 Å². The quantitative estimate of drug-likeness (QED) is 0.646. The highest BCUT2D eigenvalue weighted by Crippen LogP contribution is 2.11. The molecule has 0 aliphatic carbocycles. The molecule has 0 saturated heterocycles. The maximum atomic E-state index is 12.1. The molecule has 2 amide bonds. The Hall–Kier alpha value is -3.68. The third kappa shape index (κ3) is 4.44. The Morgan fingerprint density at radius 3 is 1.96 bits per heavy atom. The second-order valence-corrected chi connectivity index (χ2v) is 5.29. The van der Waals surface area contributed by atoms with Gasteiger partial charge in [0, 0.05) is 55.8 Å². The Morgan fingerprint density at radius 2 is 1.38 bits per heavy atom. The van der Waals surface area contributed by atoms with Crippen molar-refractivity contribution in [1.82, 2.24) is 30.6 Å². The van der Waals surface area contributed by atoms with E-state index < -0.39 is 0 Å². The maximum absolute atomic E-state index is 12.1. The Kier molecular flexibility index (Phi) is 5.56. The SMILES string of the molecule is O=C(NCCNC(=O)c1cnc(-c2cccnc2)nc1)c1cccnc1. The molecule has 0 aliphatic heterocycles. The molecule has 8 nitrogen and oxygen atoms in total. The van der Waals surface area contributed by atoms with Gasteiger partial charge >= 0.3 is 0 Å². The number of rotatable bonds is 6. The number of nitrogens with one attached hydrogen (secondary N) is 2. The molecule has 26 heavy (non-hydrogen) atoms. The van der Waals surface area contributed by atoms with E-state index in [0.29, 0.717) is 23.5 Å². The number of carbonyl (C=O) groups excluding carboxylic acids is 2. The van der Waals surface area contributed by atoms with Gasteiger partial charge < -0.3 is 10.6 Å². The van der Waals surface area contributed by atoms with Gasteiger partial charge in [-0.25, -0.2) is 9.97 Å². The van der Waals surface area contributed by atoms with Crippen molar-refractivity contribution in [2.75, 3.05) is 13.1 Å². The topological polar surface area (TPSA) is 110 Å². The van der Waals surface area contributed by atoms with Crippen molar-refractivity contribution in [3.63, 3.8) is 0 Å². The first-order valence-electron chi connectivity index (χ1n) is 7.93. The van der Waals surface area contributed by atoms with Crippen molar-refractivity contribution in [2.24, 2.45) is 0 Å².